The number of para-hydroxylation sites is 3. The first-order valence-electron chi connectivity index (χ1n) is 18.7. The van der Waals surface area contributed by atoms with Gasteiger partial charge in [0.15, 0.2) is 5.58 Å². The Kier molecular flexibility index (Phi) is 7.17. The highest BCUT2D eigenvalue weighted by Gasteiger charge is 2.23. The molecule has 3 nitrogen and oxygen atoms in total. The second-order valence-corrected chi connectivity index (χ2v) is 14.0. The molecule has 0 saturated heterocycles. The van der Waals surface area contributed by atoms with E-state index in [-0.39, 0.29) is 0 Å². The number of nitrogens with zero attached hydrogens (tertiary/aromatic N) is 1. The lowest BCUT2D eigenvalue weighted by atomic mass is 9.96. The standard InChI is InChI=1S/C52H33NO2/c1-3-13-35(14-4-1)39-31-32-47(42-18-8-7-17-41(39)42)53(38-28-25-34(26-29-38)37-27-30-44-43-19-9-10-24-49(43)54-50(44)33-37)48-23-12-22-46-45-21-11-20-40(51(45)55-52(46)48)36-15-5-2-6-16-36/h1-33H. The average molecular weight is 704 g/mol. The van der Waals surface area contributed by atoms with Crippen molar-refractivity contribution in [2.75, 3.05) is 4.90 Å². The van der Waals surface area contributed by atoms with Gasteiger partial charge in [0.25, 0.3) is 0 Å². The zero-order valence-corrected chi connectivity index (χ0v) is 29.8. The number of fused-ring (bicyclic) bond motifs is 7. The molecule has 11 rings (SSSR count). The van der Waals surface area contributed by atoms with Crippen LogP contribution < -0.4 is 4.90 Å². The summed E-state index contributed by atoms with van der Waals surface area (Å²) < 4.78 is 13.3. The van der Waals surface area contributed by atoms with Gasteiger partial charge >= 0.3 is 0 Å². The lowest BCUT2D eigenvalue weighted by Gasteiger charge is -2.27. The van der Waals surface area contributed by atoms with E-state index in [1.165, 1.54) is 16.5 Å². The Morgan fingerprint density at radius 2 is 0.891 bits per heavy atom. The molecule has 11 aromatic rings. The highest BCUT2D eigenvalue weighted by atomic mass is 16.3. The molecule has 0 fully saturated rings. The molecule has 2 aromatic heterocycles. The van der Waals surface area contributed by atoms with Gasteiger partial charge in [-0.15, -0.1) is 0 Å². The van der Waals surface area contributed by atoms with Gasteiger partial charge in [0.05, 0.1) is 11.4 Å². The van der Waals surface area contributed by atoms with Crippen LogP contribution in [0, 0.1) is 0 Å². The van der Waals surface area contributed by atoms with Gasteiger partial charge < -0.3 is 13.7 Å². The number of hydrogen-bond donors (Lipinski definition) is 0. The minimum Gasteiger partial charge on any atom is -0.456 e. The first kappa shape index (κ1) is 31.2. The first-order chi connectivity index (χ1) is 27.3. The van der Waals surface area contributed by atoms with Crippen molar-refractivity contribution in [1.29, 1.82) is 0 Å². The molecule has 0 spiro atoms. The van der Waals surface area contributed by atoms with E-state index in [0.29, 0.717) is 0 Å². The van der Waals surface area contributed by atoms with Crippen LogP contribution in [0.25, 0.3) is 88.0 Å². The van der Waals surface area contributed by atoms with Gasteiger partial charge in [-0.25, -0.2) is 0 Å². The third-order valence-electron chi connectivity index (χ3n) is 10.9. The van der Waals surface area contributed by atoms with E-state index in [2.05, 4.69) is 187 Å². The molecular weight excluding hydrogens is 671 g/mol. The van der Waals surface area contributed by atoms with Crippen molar-refractivity contribution in [3.05, 3.63) is 200 Å². The summed E-state index contributed by atoms with van der Waals surface area (Å²) in [6.45, 7) is 0. The smallest absolute Gasteiger partial charge is 0.159 e. The third kappa shape index (κ3) is 5.13. The fourth-order valence-electron chi connectivity index (χ4n) is 8.29. The Morgan fingerprint density at radius 1 is 0.291 bits per heavy atom. The predicted molar refractivity (Wildman–Crippen MR) is 229 cm³/mol. The van der Waals surface area contributed by atoms with Crippen LogP contribution in [-0.2, 0) is 0 Å². The lowest BCUT2D eigenvalue weighted by molar-refractivity contribution is 0.669. The number of furan rings is 2. The number of anilines is 3. The summed E-state index contributed by atoms with van der Waals surface area (Å²) in [6, 6.07) is 70.8. The van der Waals surface area contributed by atoms with Crippen LogP contribution in [0.2, 0.25) is 0 Å². The quantitative estimate of drug-likeness (QED) is 0.173. The molecule has 0 bridgehead atoms. The van der Waals surface area contributed by atoms with Crippen molar-refractivity contribution in [3.63, 3.8) is 0 Å². The maximum absolute atomic E-state index is 7.00. The Hall–Kier alpha value is -7.36. The summed E-state index contributed by atoms with van der Waals surface area (Å²) in [6.07, 6.45) is 0. The van der Waals surface area contributed by atoms with Gasteiger partial charge in [0.2, 0.25) is 0 Å². The molecule has 0 aliphatic rings. The molecule has 0 saturated carbocycles. The molecule has 0 unspecified atom stereocenters. The SMILES string of the molecule is c1ccc(-c2ccc(N(c3ccc(-c4ccc5c(c4)oc4ccccc45)cc3)c3cccc4c3oc3c(-c5ccccc5)cccc34)c3ccccc23)cc1. The minimum absolute atomic E-state index is 0.844. The van der Waals surface area contributed by atoms with Crippen LogP contribution >= 0.6 is 0 Å². The van der Waals surface area contributed by atoms with Crippen molar-refractivity contribution in [1.82, 2.24) is 0 Å². The minimum atomic E-state index is 0.844. The van der Waals surface area contributed by atoms with E-state index >= 15 is 0 Å². The molecule has 0 amide bonds. The highest BCUT2D eigenvalue weighted by molar-refractivity contribution is 6.15. The Labute approximate surface area is 317 Å². The summed E-state index contributed by atoms with van der Waals surface area (Å²) in [7, 11) is 0. The summed E-state index contributed by atoms with van der Waals surface area (Å²) in [4.78, 5) is 2.36. The van der Waals surface area contributed by atoms with Gasteiger partial charge in [0.1, 0.15) is 16.7 Å². The molecule has 258 valence electrons. The van der Waals surface area contributed by atoms with E-state index < -0.39 is 0 Å². The maximum atomic E-state index is 7.00. The largest absolute Gasteiger partial charge is 0.456 e. The first-order valence-corrected chi connectivity index (χ1v) is 18.7. The number of rotatable bonds is 6. The summed E-state index contributed by atoms with van der Waals surface area (Å²) in [5, 5.41) is 6.78. The zero-order chi connectivity index (χ0) is 36.3. The Morgan fingerprint density at radius 3 is 1.67 bits per heavy atom. The van der Waals surface area contributed by atoms with Crippen molar-refractivity contribution in [2.24, 2.45) is 0 Å². The zero-order valence-electron chi connectivity index (χ0n) is 29.8. The van der Waals surface area contributed by atoms with Crippen molar-refractivity contribution in [3.8, 4) is 33.4 Å². The molecule has 3 heteroatoms. The molecule has 0 aliphatic heterocycles. The van der Waals surface area contributed by atoms with Crippen LogP contribution in [0.3, 0.4) is 0 Å². The average Bonchev–Trinajstić information content (AvgIpc) is 3.83. The topological polar surface area (TPSA) is 29.5 Å². The molecular formula is C52H33NO2. The van der Waals surface area contributed by atoms with Gasteiger partial charge in [-0.3, -0.25) is 0 Å². The third-order valence-corrected chi connectivity index (χ3v) is 10.9. The van der Waals surface area contributed by atoms with E-state index in [4.69, 9.17) is 8.83 Å². The van der Waals surface area contributed by atoms with E-state index in [9.17, 15) is 0 Å². The fourth-order valence-corrected chi connectivity index (χ4v) is 8.29. The van der Waals surface area contributed by atoms with Crippen LogP contribution in [0.5, 0.6) is 0 Å². The van der Waals surface area contributed by atoms with Gasteiger partial charge in [-0.2, -0.15) is 0 Å². The molecule has 55 heavy (non-hydrogen) atoms. The summed E-state index contributed by atoms with van der Waals surface area (Å²) in [5.41, 5.74) is 13.4. The summed E-state index contributed by atoms with van der Waals surface area (Å²) in [5.74, 6) is 0. The monoisotopic (exact) mass is 703 g/mol. The van der Waals surface area contributed by atoms with Gasteiger partial charge in [0, 0.05) is 38.2 Å². The normalized spacial score (nSPS) is 11.6. The molecule has 0 atom stereocenters. The van der Waals surface area contributed by atoms with Gasteiger partial charge in [-0.1, -0.05) is 158 Å². The Balaban J connectivity index is 1.12. The maximum Gasteiger partial charge on any atom is 0.159 e. The van der Waals surface area contributed by atoms with Crippen LogP contribution in [0.4, 0.5) is 17.1 Å². The number of hydrogen-bond acceptors (Lipinski definition) is 3. The van der Waals surface area contributed by atoms with E-state index in [1.54, 1.807) is 0 Å². The molecule has 0 radical (unpaired) electrons. The van der Waals surface area contributed by atoms with Crippen molar-refractivity contribution >= 4 is 71.7 Å². The molecule has 0 N–H and O–H groups in total. The lowest BCUT2D eigenvalue weighted by Crippen LogP contribution is -2.11. The number of benzene rings is 9. The highest BCUT2D eigenvalue weighted by Crippen LogP contribution is 2.47. The fraction of sp³-hybridized carbons (Fsp3) is 0. The molecule has 2 heterocycles. The Bertz CT molecular complexity index is 3190. The van der Waals surface area contributed by atoms with Crippen LogP contribution in [-0.4, -0.2) is 0 Å². The summed E-state index contributed by atoms with van der Waals surface area (Å²) >= 11 is 0. The second kappa shape index (κ2) is 12.6. The molecule has 9 aromatic carbocycles. The van der Waals surface area contributed by atoms with Crippen molar-refractivity contribution < 1.29 is 8.83 Å². The van der Waals surface area contributed by atoms with Gasteiger partial charge in [-0.05, 0) is 75.7 Å². The van der Waals surface area contributed by atoms with Crippen LogP contribution in [0.15, 0.2) is 209 Å². The van der Waals surface area contributed by atoms with E-state index in [0.717, 1.165) is 88.6 Å². The van der Waals surface area contributed by atoms with Crippen LogP contribution in [0.1, 0.15) is 0 Å². The second-order valence-electron chi connectivity index (χ2n) is 14.0. The predicted octanol–water partition coefficient (Wildman–Crippen LogP) is 15.1. The molecule has 0 aliphatic carbocycles. The van der Waals surface area contributed by atoms with E-state index in [1.807, 2.05) is 18.2 Å². The van der Waals surface area contributed by atoms with Crippen molar-refractivity contribution in [2.45, 2.75) is 0 Å².